The molecule has 0 aliphatic carbocycles. The van der Waals surface area contributed by atoms with Gasteiger partial charge in [-0.3, -0.25) is 4.79 Å². The van der Waals surface area contributed by atoms with E-state index in [1.54, 1.807) is 0 Å². The Kier molecular flexibility index (Phi) is 4.07. The molecule has 1 fully saturated rings. The van der Waals surface area contributed by atoms with Crippen LogP contribution >= 0.6 is 0 Å². The SMILES string of the molecule is Cc1c(CCC(=O)O)c2cccc(N3CCOCC3)c2n1C. The second-order valence-electron chi connectivity index (χ2n) is 5.79. The zero-order chi connectivity index (χ0) is 15.7. The number of anilines is 1. The van der Waals surface area contributed by atoms with Gasteiger partial charge in [0.15, 0.2) is 0 Å². The summed E-state index contributed by atoms with van der Waals surface area (Å²) in [5.74, 6) is -0.749. The standard InChI is InChI=1S/C17H22N2O3/c1-12-13(6-7-16(20)21)14-4-3-5-15(17(14)18(12)2)19-8-10-22-11-9-19/h3-5H,6-11H2,1-2H3,(H,20,21). The largest absolute Gasteiger partial charge is 0.481 e. The first-order valence-corrected chi connectivity index (χ1v) is 7.71. The predicted molar refractivity (Wildman–Crippen MR) is 86.6 cm³/mol. The number of nitrogens with zero attached hydrogens (tertiary/aromatic N) is 2. The fourth-order valence-electron chi connectivity index (χ4n) is 3.30. The summed E-state index contributed by atoms with van der Waals surface area (Å²) in [5.41, 5.74) is 4.71. The summed E-state index contributed by atoms with van der Waals surface area (Å²) in [5, 5.41) is 10.1. The molecule has 1 aromatic heterocycles. The minimum absolute atomic E-state index is 0.168. The van der Waals surface area contributed by atoms with Crippen LogP contribution in [0, 0.1) is 6.92 Å². The number of ether oxygens (including phenoxy) is 1. The second-order valence-corrected chi connectivity index (χ2v) is 5.79. The van der Waals surface area contributed by atoms with E-state index in [0.717, 1.165) is 37.6 Å². The molecule has 5 nitrogen and oxygen atoms in total. The molecule has 3 rings (SSSR count). The zero-order valence-corrected chi connectivity index (χ0v) is 13.1. The van der Waals surface area contributed by atoms with E-state index in [2.05, 4.69) is 41.6 Å². The summed E-state index contributed by atoms with van der Waals surface area (Å²) < 4.78 is 7.64. The molecule has 2 aromatic rings. The van der Waals surface area contributed by atoms with Crippen molar-refractivity contribution in [2.24, 2.45) is 7.05 Å². The molecule has 22 heavy (non-hydrogen) atoms. The number of fused-ring (bicyclic) bond motifs is 1. The fraction of sp³-hybridized carbons (Fsp3) is 0.471. The molecule has 2 heterocycles. The Morgan fingerprint density at radius 2 is 2.05 bits per heavy atom. The molecule has 5 heteroatoms. The minimum atomic E-state index is -0.749. The van der Waals surface area contributed by atoms with Gasteiger partial charge in [-0.2, -0.15) is 0 Å². The number of carboxylic acids is 1. The lowest BCUT2D eigenvalue weighted by Crippen LogP contribution is -2.36. The second kappa shape index (κ2) is 6.01. The van der Waals surface area contributed by atoms with Crippen molar-refractivity contribution in [2.75, 3.05) is 31.2 Å². The van der Waals surface area contributed by atoms with Gasteiger partial charge >= 0.3 is 5.97 Å². The van der Waals surface area contributed by atoms with Crippen LogP contribution in [0.4, 0.5) is 5.69 Å². The van der Waals surface area contributed by atoms with Gasteiger partial charge in [0.25, 0.3) is 0 Å². The zero-order valence-electron chi connectivity index (χ0n) is 13.1. The molecule has 1 aromatic carbocycles. The van der Waals surface area contributed by atoms with Gasteiger partial charge in [0.2, 0.25) is 0 Å². The van der Waals surface area contributed by atoms with Crippen LogP contribution in [0.15, 0.2) is 18.2 Å². The number of morpholine rings is 1. The van der Waals surface area contributed by atoms with Crippen LogP contribution in [0.2, 0.25) is 0 Å². The van der Waals surface area contributed by atoms with Gasteiger partial charge < -0.3 is 19.3 Å². The molecule has 0 atom stereocenters. The van der Waals surface area contributed by atoms with Crippen LogP contribution in [0.1, 0.15) is 17.7 Å². The topological polar surface area (TPSA) is 54.7 Å². The molecule has 0 saturated carbocycles. The number of aryl methyl sites for hydroxylation is 2. The van der Waals surface area contributed by atoms with Crippen LogP contribution in [0.25, 0.3) is 10.9 Å². The maximum absolute atomic E-state index is 10.9. The molecular formula is C17H22N2O3. The predicted octanol–water partition coefficient (Wildman–Crippen LogP) is 2.34. The first kappa shape index (κ1) is 14.9. The summed E-state index contributed by atoms with van der Waals surface area (Å²) in [6.07, 6.45) is 0.743. The van der Waals surface area contributed by atoms with Crippen LogP contribution in [-0.2, 0) is 23.0 Å². The Balaban J connectivity index is 2.08. The maximum Gasteiger partial charge on any atom is 0.303 e. The number of hydrogen-bond acceptors (Lipinski definition) is 3. The molecule has 0 bridgehead atoms. The summed E-state index contributed by atoms with van der Waals surface area (Å²) in [7, 11) is 2.06. The highest BCUT2D eigenvalue weighted by atomic mass is 16.5. The number of para-hydroxylation sites is 1. The summed E-state index contributed by atoms with van der Waals surface area (Å²) >= 11 is 0. The van der Waals surface area contributed by atoms with Crippen molar-refractivity contribution in [1.29, 1.82) is 0 Å². The van der Waals surface area contributed by atoms with E-state index in [1.165, 1.54) is 16.6 Å². The lowest BCUT2D eigenvalue weighted by atomic mass is 10.0. The van der Waals surface area contributed by atoms with E-state index in [1.807, 2.05) is 0 Å². The van der Waals surface area contributed by atoms with Crippen molar-refractivity contribution in [1.82, 2.24) is 4.57 Å². The van der Waals surface area contributed by atoms with Crippen LogP contribution in [-0.4, -0.2) is 41.9 Å². The number of aromatic nitrogens is 1. The number of rotatable bonds is 4. The summed E-state index contributed by atoms with van der Waals surface area (Å²) in [4.78, 5) is 13.3. The molecule has 0 spiro atoms. The van der Waals surface area contributed by atoms with E-state index in [-0.39, 0.29) is 6.42 Å². The van der Waals surface area contributed by atoms with Gasteiger partial charge in [-0.25, -0.2) is 0 Å². The highest BCUT2D eigenvalue weighted by Crippen LogP contribution is 2.33. The van der Waals surface area contributed by atoms with E-state index >= 15 is 0 Å². The molecule has 0 unspecified atom stereocenters. The molecule has 1 aliphatic rings. The highest BCUT2D eigenvalue weighted by molar-refractivity contribution is 5.95. The third-order valence-corrected chi connectivity index (χ3v) is 4.56. The Hall–Kier alpha value is -2.01. The maximum atomic E-state index is 10.9. The molecule has 1 aliphatic heterocycles. The van der Waals surface area contributed by atoms with E-state index < -0.39 is 5.97 Å². The molecule has 0 radical (unpaired) electrons. The average Bonchev–Trinajstić information content (AvgIpc) is 2.78. The van der Waals surface area contributed by atoms with E-state index in [4.69, 9.17) is 9.84 Å². The van der Waals surface area contributed by atoms with Crippen molar-refractivity contribution in [3.63, 3.8) is 0 Å². The van der Waals surface area contributed by atoms with Gasteiger partial charge in [-0.05, 0) is 25.0 Å². The third-order valence-electron chi connectivity index (χ3n) is 4.56. The Morgan fingerprint density at radius 1 is 1.32 bits per heavy atom. The van der Waals surface area contributed by atoms with Crippen molar-refractivity contribution >= 4 is 22.6 Å². The highest BCUT2D eigenvalue weighted by Gasteiger charge is 2.19. The van der Waals surface area contributed by atoms with E-state index in [9.17, 15) is 4.79 Å². The molecular weight excluding hydrogens is 280 g/mol. The van der Waals surface area contributed by atoms with Crippen molar-refractivity contribution in [3.05, 3.63) is 29.5 Å². The third kappa shape index (κ3) is 2.57. The normalized spacial score (nSPS) is 15.5. The number of aliphatic carboxylic acids is 1. The molecule has 0 amide bonds. The van der Waals surface area contributed by atoms with Gasteiger partial charge in [0, 0.05) is 37.6 Å². The monoisotopic (exact) mass is 302 g/mol. The van der Waals surface area contributed by atoms with E-state index in [0.29, 0.717) is 6.42 Å². The fourth-order valence-corrected chi connectivity index (χ4v) is 3.30. The van der Waals surface area contributed by atoms with Crippen LogP contribution < -0.4 is 4.90 Å². The van der Waals surface area contributed by atoms with Crippen molar-refractivity contribution < 1.29 is 14.6 Å². The van der Waals surface area contributed by atoms with Gasteiger partial charge in [0.1, 0.15) is 0 Å². The number of benzene rings is 1. The quantitative estimate of drug-likeness (QED) is 0.942. The average molecular weight is 302 g/mol. The Morgan fingerprint density at radius 3 is 2.73 bits per heavy atom. The minimum Gasteiger partial charge on any atom is -0.481 e. The number of carboxylic acid groups (broad SMARTS) is 1. The summed E-state index contributed by atoms with van der Waals surface area (Å²) in [6, 6.07) is 6.31. The number of hydrogen-bond donors (Lipinski definition) is 1. The first-order valence-electron chi connectivity index (χ1n) is 7.71. The lowest BCUT2D eigenvalue weighted by Gasteiger charge is -2.29. The van der Waals surface area contributed by atoms with Gasteiger partial charge in [-0.15, -0.1) is 0 Å². The lowest BCUT2D eigenvalue weighted by molar-refractivity contribution is -0.136. The first-order chi connectivity index (χ1) is 10.6. The molecule has 118 valence electrons. The Bertz CT molecular complexity index is 699. The summed E-state index contributed by atoms with van der Waals surface area (Å²) in [6.45, 7) is 5.37. The van der Waals surface area contributed by atoms with Crippen LogP contribution in [0.5, 0.6) is 0 Å². The Labute approximate surface area is 130 Å². The van der Waals surface area contributed by atoms with Crippen molar-refractivity contribution in [2.45, 2.75) is 19.8 Å². The molecule has 1 N–H and O–H groups in total. The van der Waals surface area contributed by atoms with Gasteiger partial charge in [-0.1, -0.05) is 12.1 Å². The van der Waals surface area contributed by atoms with Gasteiger partial charge in [0.05, 0.1) is 24.4 Å². The van der Waals surface area contributed by atoms with Crippen LogP contribution in [0.3, 0.4) is 0 Å². The smallest absolute Gasteiger partial charge is 0.303 e. The number of carbonyl (C=O) groups is 1. The molecule has 1 saturated heterocycles. The van der Waals surface area contributed by atoms with Crippen molar-refractivity contribution in [3.8, 4) is 0 Å².